The maximum atomic E-state index is 5.75. The van der Waals surface area contributed by atoms with Crippen LogP contribution in [-0.2, 0) is 12.8 Å². The number of aromatic nitrogens is 5. The van der Waals surface area contributed by atoms with Crippen molar-refractivity contribution in [1.82, 2.24) is 24.6 Å². The van der Waals surface area contributed by atoms with E-state index in [4.69, 9.17) is 14.7 Å². The van der Waals surface area contributed by atoms with E-state index < -0.39 is 0 Å². The second-order valence-corrected chi connectivity index (χ2v) is 8.22. The van der Waals surface area contributed by atoms with Crippen LogP contribution >= 0.6 is 11.3 Å². The van der Waals surface area contributed by atoms with Gasteiger partial charge in [0.1, 0.15) is 27.2 Å². The monoisotopic (exact) mass is 380 g/mol. The molecule has 1 aliphatic carbocycles. The maximum Gasteiger partial charge on any atom is 0.320 e. The minimum Gasteiger partial charge on any atom is -0.464 e. The summed E-state index contributed by atoms with van der Waals surface area (Å²) in [5.74, 6) is 1.21. The summed E-state index contributed by atoms with van der Waals surface area (Å²) in [6, 6.07) is 0.507. The van der Waals surface area contributed by atoms with E-state index in [1.807, 2.05) is 6.92 Å². The van der Waals surface area contributed by atoms with E-state index in [-0.39, 0.29) is 0 Å². The van der Waals surface area contributed by atoms with Gasteiger partial charge >= 0.3 is 6.01 Å². The molecule has 0 spiro atoms. The van der Waals surface area contributed by atoms with E-state index in [9.17, 15) is 0 Å². The van der Waals surface area contributed by atoms with E-state index in [0.29, 0.717) is 12.6 Å². The summed E-state index contributed by atoms with van der Waals surface area (Å²) in [5, 5.41) is 5.51. The molecule has 4 aromatic heterocycles. The minimum atomic E-state index is 0.507. The van der Waals surface area contributed by atoms with Crippen LogP contribution in [0.5, 0.6) is 6.01 Å². The van der Waals surface area contributed by atoms with Crippen LogP contribution in [-0.4, -0.2) is 44.3 Å². The molecule has 0 atom stereocenters. The standard InChI is InChI=1S/C19H20N6OS/c1-2-26-19-22-14-13-11-6-5-7-12(11)16(24-8-3-4-9-24)23-18(13)27-15(14)17-20-10-21-25(17)19/h10H,2-9H2,1H3. The van der Waals surface area contributed by atoms with Crippen molar-refractivity contribution in [2.75, 3.05) is 24.6 Å². The molecular formula is C19H20N6OS. The van der Waals surface area contributed by atoms with Gasteiger partial charge in [0.25, 0.3) is 0 Å². The van der Waals surface area contributed by atoms with Gasteiger partial charge in [-0.1, -0.05) is 0 Å². The zero-order valence-corrected chi connectivity index (χ0v) is 16.1. The molecule has 0 unspecified atom stereocenters. The number of hydrogen-bond acceptors (Lipinski definition) is 7. The lowest BCUT2D eigenvalue weighted by molar-refractivity contribution is 0.305. The van der Waals surface area contributed by atoms with Crippen LogP contribution in [0.25, 0.3) is 26.1 Å². The zero-order valence-electron chi connectivity index (χ0n) is 15.2. The third-order valence-corrected chi connectivity index (χ3v) is 6.75. The summed E-state index contributed by atoms with van der Waals surface area (Å²) in [7, 11) is 0. The van der Waals surface area contributed by atoms with E-state index in [0.717, 1.165) is 46.6 Å². The van der Waals surface area contributed by atoms with Crippen LogP contribution in [0.1, 0.15) is 37.3 Å². The molecule has 8 heteroatoms. The van der Waals surface area contributed by atoms with Crippen molar-refractivity contribution >= 4 is 43.2 Å². The number of rotatable bonds is 3. The van der Waals surface area contributed by atoms with Crippen molar-refractivity contribution < 1.29 is 4.74 Å². The molecule has 0 bridgehead atoms. The molecule has 138 valence electrons. The lowest BCUT2D eigenvalue weighted by Crippen LogP contribution is -2.20. The fourth-order valence-electron chi connectivity index (χ4n) is 4.54. The van der Waals surface area contributed by atoms with Gasteiger partial charge in [0, 0.05) is 18.5 Å². The molecule has 1 aliphatic heterocycles. The first kappa shape index (κ1) is 15.6. The molecule has 0 aromatic carbocycles. The number of aryl methyl sites for hydroxylation is 1. The highest BCUT2D eigenvalue weighted by Crippen LogP contribution is 2.43. The van der Waals surface area contributed by atoms with E-state index in [2.05, 4.69) is 15.0 Å². The number of pyridine rings is 1. The van der Waals surface area contributed by atoms with Crippen molar-refractivity contribution in [2.24, 2.45) is 0 Å². The SMILES string of the molecule is CCOc1nc2c(sc3nc(N4CCCC4)c4c(c32)CCC4)c2ncnn12. The summed E-state index contributed by atoms with van der Waals surface area (Å²) in [6.45, 7) is 4.75. The number of ether oxygens (including phenoxy) is 1. The fraction of sp³-hybridized carbons (Fsp3) is 0.474. The molecule has 5 heterocycles. The second kappa shape index (κ2) is 5.76. The van der Waals surface area contributed by atoms with Crippen molar-refractivity contribution in [3.05, 3.63) is 17.5 Å². The summed E-state index contributed by atoms with van der Waals surface area (Å²) in [5.41, 5.74) is 4.65. The first-order chi connectivity index (χ1) is 13.3. The molecule has 27 heavy (non-hydrogen) atoms. The van der Waals surface area contributed by atoms with Gasteiger partial charge in [0.05, 0.1) is 6.61 Å². The topological polar surface area (TPSA) is 68.4 Å². The Morgan fingerprint density at radius 3 is 2.81 bits per heavy atom. The lowest BCUT2D eigenvalue weighted by Gasteiger charge is -2.20. The molecule has 0 radical (unpaired) electrons. The molecule has 0 amide bonds. The fourth-order valence-corrected chi connectivity index (χ4v) is 5.66. The predicted octanol–water partition coefficient (Wildman–Crippen LogP) is 3.37. The zero-order chi connectivity index (χ0) is 18.0. The Morgan fingerprint density at radius 2 is 1.96 bits per heavy atom. The van der Waals surface area contributed by atoms with E-state index >= 15 is 0 Å². The molecule has 1 saturated heterocycles. The number of fused-ring (bicyclic) bond motifs is 7. The molecule has 6 rings (SSSR count). The predicted molar refractivity (Wildman–Crippen MR) is 106 cm³/mol. The lowest BCUT2D eigenvalue weighted by atomic mass is 10.1. The van der Waals surface area contributed by atoms with Crippen molar-refractivity contribution in [1.29, 1.82) is 0 Å². The molecule has 0 saturated carbocycles. The number of nitrogens with zero attached hydrogens (tertiary/aromatic N) is 6. The highest BCUT2D eigenvalue weighted by atomic mass is 32.1. The van der Waals surface area contributed by atoms with Gasteiger partial charge in [-0.15, -0.1) is 11.3 Å². The molecule has 1 fully saturated rings. The van der Waals surface area contributed by atoms with Gasteiger partial charge in [-0.25, -0.2) is 9.97 Å². The molecular weight excluding hydrogens is 360 g/mol. The summed E-state index contributed by atoms with van der Waals surface area (Å²) < 4.78 is 8.50. The minimum absolute atomic E-state index is 0.507. The van der Waals surface area contributed by atoms with Gasteiger partial charge in [-0.05, 0) is 50.2 Å². The highest BCUT2D eigenvalue weighted by molar-refractivity contribution is 7.26. The highest BCUT2D eigenvalue weighted by Gasteiger charge is 2.28. The van der Waals surface area contributed by atoms with Crippen LogP contribution in [0.3, 0.4) is 0 Å². The number of hydrogen-bond donors (Lipinski definition) is 0. The summed E-state index contributed by atoms with van der Waals surface area (Å²) in [6.07, 6.45) is 7.51. The van der Waals surface area contributed by atoms with Crippen molar-refractivity contribution in [3.63, 3.8) is 0 Å². The van der Waals surface area contributed by atoms with Gasteiger partial charge in [0.2, 0.25) is 0 Å². The Morgan fingerprint density at radius 1 is 1.11 bits per heavy atom. The smallest absolute Gasteiger partial charge is 0.320 e. The third kappa shape index (κ3) is 2.13. The van der Waals surface area contributed by atoms with Crippen LogP contribution in [0.2, 0.25) is 0 Å². The van der Waals surface area contributed by atoms with E-state index in [1.54, 1.807) is 22.2 Å². The normalized spacial score (nSPS) is 16.9. The van der Waals surface area contributed by atoms with Gasteiger partial charge < -0.3 is 9.64 Å². The van der Waals surface area contributed by atoms with Crippen LogP contribution < -0.4 is 9.64 Å². The Kier molecular flexibility index (Phi) is 3.32. The van der Waals surface area contributed by atoms with Crippen LogP contribution in [0.4, 0.5) is 5.82 Å². The van der Waals surface area contributed by atoms with Crippen molar-refractivity contribution in [2.45, 2.75) is 39.0 Å². The molecule has 4 aromatic rings. The van der Waals surface area contributed by atoms with Gasteiger partial charge in [0.15, 0.2) is 5.65 Å². The molecule has 2 aliphatic rings. The Labute approximate surface area is 160 Å². The Hall–Kier alpha value is -2.48. The number of anilines is 1. The van der Waals surface area contributed by atoms with Gasteiger partial charge in [-0.2, -0.15) is 14.6 Å². The largest absolute Gasteiger partial charge is 0.464 e. The summed E-state index contributed by atoms with van der Waals surface area (Å²) >= 11 is 1.68. The third-order valence-electron chi connectivity index (χ3n) is 5.68. The average molecular weight is 380 g/mol. The Balaban J connectivity index is 1.71. The molecule has 7 nitrogen and oxygen atoms in total. The van der Waals surface area contributed by atoms with Crippen LogP contribution in [0.15, 0.2) is 6.33 Å². The molecule has 0 N–H and O–H groups in total. The first-order valence-electron chi connectivity index (χ1n) is 9.70. The van der Waals surface area contributed by atoms with Crippen molar-refractivity contribution in [3.8, 4) is 6.01 Å². The first-order valence-corrected chi connectivity index (χ1v) is 10.5. The summed E-state index contributed by atoms with van der Waals surface area (Å²) in [4.78, 5) is 18.0. The maximum absolute atomic E-state index is 5.75. The average Bonchev–Trinajstić information content (AvgIpc) is 3.44. The quantitative estimate of drug-likeness (QED) is 0.543. The van der Waals surface area contributed by atoms with E-state index in [1.165, 1.54) is 41.6 Å². The van der Waals surface area contributed by atoms with Crippen LogP contribution in [0, 0.1) is 0 Å². The second-order valence-electron chi connectivity index (χ2n) is 7.22. The van der Waals surface area contributed by atoms with Gasteiger partial charge in [-0.3, -0.25) is 0 Å². The number of thiophene rings is 1. The Bertz CT molecular complexity index is 1190.